The molecule has 0 unspecified atom stereocenters. The third-order valence-electron chi connectivity index (χ3n) is 1.30. The van der Waals surface area contributed by atoms with Crippen LogP contribution in [0.1, 0.15) is 0 Å². The highest BCUT2D eigenvalue weighted by atomic mass is 14.7. The van der Waals surface area contributed by atoms with E-state index >= 15 is 0 Å². The van der Waals surface area contributed by atoms with E-state index in [1.54, 1.807) is 6.20 Å². The van der Waals surface area contributed by atoms with Crippen molar-refractivity contribution < 1.29 is 0 Å². The minimum absolute atomic E-state index is 1.06. The normalized spacial score (nSPS) is 10.2. The van der Waals surface area contributed by atoms with Crippen molar-refractivity contribution in [3.63, 3.8) is 0 Å². The number of hydrogen-bond donors (Lipinski definition) is 1. The van der Waals surface area contributed by atoms with Gasteiger partial charge in [-0.05, 0) is 12.1 Å². The monoisotopic (exact) mass is 117 g/mol. The van der Waals surface area contributed by atoms with Gasteiger partial charge in [-0.1, -0.05) is 0 Å². The summed E-state index contributed by atoms with van der Waals surface area (Å²) < 4.78 is 0. The molecule has 2 rings (SSSR count). The van der Waals surface area contributed by atoms with Gasteiger partial charge in [-0.2, -0.15) is 0 Å². The van der Waals surface area contributed by atoms with Gasteiger partial charge in [-0.25, -0.2) is 0 Å². The molecule has 43 valence electrons. The molecule has 0 aliphatic heterocycles. The van der Waals surface area contributed by atoms with Crippen LogP contribution in [-0.2, 0) is 0 Å². The Bertz CT molecular complexity index is 281. The Morgan fingerprint density at radius 2 is 2.56 bits per heavy atom. The number of aromatic amines is 1. The Morgan fingerprint density at radius 1 is 1.56 bits per heavy atom. The summed E-state index contributed by atoms with van der Waals surface area (Å²) in [5.41, 5.74) is 1.06. The molecule has 1 radical (unpaired) electrons. The predicted molar refractivity (Wildman–Crippen MR) is 34.9 cm³/mol. The summed E-state index contributed by atoms with van der Waals surface area (Å²) in [5, 5.41) is 1.16. The van der Waals surface area contributed by atoms with Crippen LogP contribution in [-0.4, -0.2) is 9.97 Å². The van der Waals surface area contributed by atoms with Crippen LogP contribution < -0.4 is 0 Å². The smallest absolute Gasteiger partial charge is 0.0894 e. The molecule has 0 atom stereocenters. The third kappa shape index (κ3) is 0.598. The highest BCUT2D eigenvalue weighted by Gasteiger charge is 1.88. The first kappa shape index (κ1) is 4.56. The average molecular weight is 117 g/mol. The lowest BCUT2D eigenvalue weighted by Crippen LogP contribution is -1.69. The van der Waals surface area contributed by atoms with Gasteiger partial charge in [0, 0.05) is 11.6 Å². The molecule has 0 aliphatic rings. The quantitative estimate of drug-likeness (QED) is 0.554. The largest absolute Gasteiger partial charge is 0.360 e. The fourth-order valence-electron chi connectivity index (χ4n) is 0.841. The van der Waals surface area contributed by atoms with Crippen molar-refractivity contribution >= 4 is 10.9 Å². The summed E-state index contributed by atoms with van der Waals surface area (Å²) >= 11 is 0. The Morgan fingerprint density at radius 3 is 3.44 bits per heavy atom. The Kier molecular flexibility index (Phi) is 0.803. The number of fused-ring (bicyclic) bond motifs is 1. The zero-order valence-electron chi connectivity index (χ0n) is 4.76. The van der Waals surface area contributed by atoms with Crippen LogP contribution in [0.25, 0.3) is 10.9 Å². The fourth-order valence-corrected chi connectivity index (χ4v) is 0.841. The maximum absolute atomic E-state index is 3.83. The van der Waals surface area contributed by atoms with Crippen LogP contribution in [0, 0.1) is 6.20 Å². The van der Waals surface area contributed by atoms with Gasteiger partial charge in [0.2, 0.25) is 0 Å². The Labute approximate surface area is 52.5 Å². The van der Waals surface area contributed by atoms with Crippen LogP contribution in [0.4, 0.5) is 0 Å². The van der Waals surface area contributed by atoms with Gasteiger partial charge in [0.25, 0.3) is 0 Å². The fraction of sp³-hybridized carbons (Fsp3) is 0. The molecular formula is C7H5N2. The first-order chi connectivity index (χ1) is 4.47. The molecule has 0 saturated carbocycles. The molecule has 0 aromatic carbocycles. The van der Waals surface area contributed by atoms with Crippen molar-refractivity contribution in [3.05, 3.63) is 30.7 Å². The molecule has 0 bridgehead atoms. The molecule has 2 aromatic heterocycles. The second-order valence-corrected chi connectivity index (χ2v) is 1.88. The van der Waals surface area contributed by atoms with E-state index < -0.39 is 0 Å². The number of pyridine rings is 1. The van der Waals surface area contributed by atoms with Gasteiger partial charge in [0.1, 0.15) is 0 Å². The van der Waals surface area contributed by atoms with Crippen molar-refractivity contribution in [1.29, 1.82) is 0 Å². The highest BCUT2D eigenvalue weighted by molar-refractivity contribution is 5.77. The highest BCUT2D eigenvalue weighted by Crippen LogP contribution is 2.06. The molecule has 1 N–H and O–H groups in total. The molecule has 0 amide bonds. The first-order valence-corrected chi connectivity index (χ1v) is 2.76. The minimum Gasteiger partial charge on any atom is -0.360 e. The SMILES string of the molecule is [c]1cc2cc[nH]c2cn1. The van der Waals surface area contributed by atoms with Crippen molar-refractivity contribution in [2.45, 2.75) is 0 Å². The molecule has 2 heterocycles. The van der Waals surface area contributed by atoms with Crippen molar-refractivity contribution in [3.8, 4) is 0 Å². The van der Waals surface area contributed by atoms with Crippen molar-refractivity contribution in [2.75, 3.05) is 0 Å². The molecule has 2 nitrogen and oxygen atoms in total. The third-order valence-corrected chi connectivity index (χ3v) is 1.30. The second-order valence-electron chi connectivity index (χ2n) is 1.88. The molecule has 2 heteroatoms. The molecule has 9 heavy (non-hydrogen) atoms. The standard InChI is InChI=1S/C7H5N2/c1-3-8-5-7-6(1)2-4-9-7/h1-2,4-5,9H. The molecule has 0 aliphatic carbocycles. The van der Waals surface area contributed by atoms with Gasteiger partial charge in [0.05, 0.1) is 17.9 Å². The lowest BCUT2D eigenvalue weighted by atomic mass is 10.3. The van der Waals surface area contributed by atoms with Crippen molar-refractivity contribution in [1.82, 2.24) is 9.97 Å². The summed E-state index contributed by atoms with van der Waals surface area (Å²) in [7, 11) is 0. The van der Waals surface area contributed by atoms with E-state index in [-0.39, 0.29) is 0 Å². The van der Waals surface area contributed by atoms with Gasteiger partial charge >= 0.3 is 0 Å². The maximum Gasteiger partial charge on any atom is 0.0894 e. The maximum atomic E-state index is 3.83. The van der Waals surface area contributed by atoms with Crippen LogP contribution in [0.15, 0.2) is 24.5 Å². The van der Waals surface area contributed by atoms with Gasteiger partial charge in [-0.3, -0.25) is 4.98 Å². The number of nitrogens with zero attached hydrogens (tertiary/aromatic N) is 1. The molecular weight excluding hydrogens is 112 g/mol. The van der Waals surface area contributed by atoms with E-state index in [9.17, 15) is 0 Å². The van der Waals surface area contributed by atoms with Crippen LogP contribution in [0.3, 0.4) is 0 Å². The second kappa shape index (κ2) is 1.58. The molecule has 0 saturated heterocycles. The number of rotatable bonds is 0. The van der Waals surface area contributed by atoms with Gasteiger partial charge < -0.3 is 4.98 Å². The van der Waals surface area contributed by atoms with Crippen LogP contribution >= 0.6 is 0 Å². The Hall–Kier alpha value is -1.31. The molecule has 0 spiro atoms. The van der Waals surface area contributed by atoms with Crippen LogP contribution in [0.5, 0.6) is 0 Å². The summed E-state index contributed by atoms with van der Waals surface area (Å²) in [6, 6.07) is 3.85. The average Bonchev–Trinajstić information content (AvgIpc) is 2.33. The lowest BCUT2D eigenvalue weighted by Gasteiger charge is -1.81. The molecule has 0 fully saturated rings. The number of hydrogen-bond acceptors (Lipinski definition) is 1. The van der Waals surface area contributed by atoms with E-state index in [1.165, 1.54) is 0 Å². The predicted octanol–water partition coefficient (Wildman–Crippen LogP) is 1.36. The zero-order valence-corrected chi connectivity index (χ0v) is 4.76. The number of H-pyrrole nitrogens is 1. The number of nitrogens with one attached hydrogen (secondary N) is 1. The van der Waals surface area contributed by atoms with Crippen LogP contribution in [0.2, 0.25) is 0 Å². The van der Waals surface area contributed by atoms with Crippen molar-refractivity contribution in [2.24, 2.45) is 0 Å². The molecule has 2 aromatic rings. The number of aromatic nitrogens is 2. The summed E-state index contributed by atoms with van der Waals surface area (Å²) in [5.74, 6) is 0. The summed E-state index contributed by atoms with van der Waals surface area (Å²) in [6.07, 6.45) is 6.40. The van der Waals surface area contributed by atoms with E-state index in [0.29, 0.717) is 0 Å². The first-order valence-electron chi connectivity index (χ1n) is 2.76. The Balaban J connectivity index is 2.95. The van der Waals surface area contributed by atoms with E-state index in [0.717, 1.165) is 10.9 Å². The van der Waals surface area contributed by atoms with E-state index in [4.69, 9.17) is 0 Å². The summed E-state index contributed by atoms with van der Waals surface area (Å²) in [6.45, 7) is 0. The van der Waals surface area contributed by atoms with E-state index in [1.807, 2.05) is 18.3 Å². The lowest BCUT2D eigenvalue weighted by molar-refractivity contribution is 1.32. The summed E-state index contributed by atoms with van der Waals surface area (Å²) in [4.78, 5) is 6.87. The minimum atomic E-state index is 1.06. The zero-order chi connectivity index (χ0) is 6.10. The van der Waals surface area contributed by atoms with Gasteiger partial charge in [0.15, 0.2) is 0 Å². The van der Waals surface area contributed by atoms with E-state index in [2.05, 4.69) is 16.2 Å². The topological polar surface area (TPSA) is 28.7 Å². The van der Waals surface area contributed by atoms with Gasteiger partial charge in [-0.15, -0.1) is 0 Å².